The molecule has 0 radical (unpaired) electrons. The van der Waals surface area contributed by atoms with Gasteiger partial charge >= 0.3 is 10.8 Å². The molecule has 3 aromatic rings. The molecule has 1 aliphatic rings. The molecule has 5 nitrogen and oxygen atoms in total. The molecule has 2 atom stereocenters. The molecule has 33 heavy (non-hydrogen) atoms. The van der Waals surface area contributed by atoms with E-state index in [1.54, 1.807) is 11.6 Å². The van der Waals surface area contributed by atoms with Crippen molar-refractivity contribution in [3.05, 3.63) is 112 Å². The Hall–Kier alpha value is -3.48. The van der Waals surface area contributed by atoms with Gasteiger partial charge in [0.1, 0.15) is 6.04 Å². The number of carbonyl (C=O) groups excluding carboxylic acids is 1. The third-order valence-corrected chi connectivity index (χ3v) is 6.32. The van der Waals surface area contributed by atoms with E-state index in [1.807, 2.05) is 89.5 Å². The number of hydrogen-bond acceptors (Lipinski definition) is 4. The zero-order valence-corrected chi connectivity index (χ0v) is 19.3. The first-order valence-electron chi connectivity index (χ1n) is 11.0. The van der Waals surface area contributed by atoms with E-state index in [1.165, 1.54) is 0 Å². The molecule has 2 aromatic carbocycles. The molecular weight excluding hydrogens is 432 g/mol. The molecule has 0 spiro atoms. The Balaban J connectivity index is 1.84. The summed E-state index contributed by atoms with van der Waals surface area (Å²) in [5.41, 5.74) is 2.84. The third-order valence-electron chi connectivity index (χ3n) is 5.29. The summed E-state index contributed by atoms with van der Waals surface area (Å²) in [6.07, 6.45) is 11.1. The van der Waals surface area contributed by atoms with Crippen LogP contribution in [0.1, 0.15) is 25.3 Å². The summed E-state index contributed by atoms with van der Waals surface area (Å²) < 4.78 is 20.2. The van der Waals surface area contributed by atoms with Gasteiger partial charge < -0.3 is 9.29 Å². The Bertz CT molecular complexity index is 1250. The normalized spacial score (nSPS) is 17.8. The van der Waals surface area contributed by atoms with Crippen LogP contribution in [0.2, 0.25) is 0 Å². The monoisotopic (exact) mass is 458 g/mol. The second-order valence-corrected chi connectivity index (χ2v) is 8.81. The number of ether oxygens (including phenoxy) is 1. The lowest BCUT2D eigenvalue weighted by Gasteiger charge is -2.18. The molecule has 0 amide bonds. The molecule has 0 N–H and O–H groups in total. The minimum absolute atomic E-state index is 0.368. The van der Waals surface area contributed by atoms with Crippen molar-refractivity contribution in [2.75, 3.05) is 6.61 Å². The number of thiazole rings is 1. The summed E-state index contributed by atoms with van der Waals surface area (Å²) in [5, 5.41) is 1.62. The molecule has 6 heteroatoms. The van der Waals surface area contributed by atoms with Gasteiger partial charge in [-0.15, -0.1) is 0 Å². The quantitative estimate of drug-likeness (QED) is 0.206. The van der Waals surface area contributed by atoms with Gasteiger partial charge in [0, 0.05) is 0 Å². The molecule has 0 saturated carbocycles. The highest BCUT2D eigenvalue weighted by atomic mass is 32.2. The largest absolute Gasteiger partial charge is 0.588 e. The Labute approximate surface area is 196 Å². The standard InChI is InChI=1S/C27H26N2O3S/c1-2-3-19-32-26(30)25(21-12-6-4-7-13-21)23-16-10-11-17-24(23)28-27-29(18-20-33(27)31)22-14-8-5-9-15-22/h4-18,20,24H,2-3,19H2,1H3. The summed E-state index contributed by atoms with van der Waals surface area (Å²) in [4.78, 5) is 18.5. The van der Waals surface area contributed by atoms with Crippen molar-refractivity contribution < 1.29 is 14.1 Å². The van der Waals surface area contributed by atoms with Gasteiger partial charge in [0.2, 0.25) is 0 Å². The summed E-state index contributed by atoms with van der Waals surface area (Å²) >= 11 is 0. The van der Waals surface area contributed by atoms with Crippen LogP contribution < -0.4 is 4.80 Å². The average molecular weight is 459 g/mol. The number of unbranched alkanes of at least 4 members (excludes halogenated alkanes) is 1. The maximum absolute atomic E-state index is 13.2. The summed E-state index contributed by atoms with van der Waals surface area (Å²) in [5.74, 6) is -0.375. The fourth-order valence-electron chi connectivity index (χ4n) is 3.62. The van der Waals surface area contributed by atoms with Gasteiger partial charge in [-0.2, -0.15) is 0 Å². The van der Waals surface area contributed by atoms with Gasteiger partial charge in [0.15, 0.2) is 5.38 Å². The summed E-state index contributed by atoms with van der Waals surface area (Å²) in [6, 6.07) is 18.7. The first-order valence-corrected chi connectivity index (χ1v) is 12.2. The molecule has 0 saturated heterocycles. The van der Waals surface area contributed by atoms with Crippen LogP contribution in [-0.2, 0) is 9.53 Å². The van der Waals surface area contributed by atoms with Gasteiger partial charge in [-0.3, -0.25) is 4.57 Å². The highest BCUT2D eigenvalue weighted by Gasteiger charge is 2.24. The fraction of sp³-hybridized carbons (Fsp3) is 0.185. The smallest absolute Gasteiger partial charge is 0.346 e. The minimum atomic E-state index is -1.38. The predicted molar refractivity (Wildman–Crippen MR) is 131 cm³/mol. The molecule has 1 aliphatic carbocycles. The summed E-state index contributed by atoms with van der Waals surface area (Å²) in [6.45, 7) is 2.42. The van der Waals surface area contributed by atoms with Crippen LogP contribution in [0, 0.1) is 0 Å². The van der Waals surface area contributed by atoms with Crippen molar-refractivity contribution in [1.82, 2.24) is 4.57 Å². The number of rotatable bonds is 7. The lowest BCUT2D eigenvalue weighted by atomic mass is 9.92. The van der Waals surface area contributed by atoms with E-state index in [2.05, 4.69) is 6.92 Å². The molecule has 168 valence electrons. The third kappa shape index (κ3) is 5.30. The number of para-hydroxylation sites is 1. The lowest BCUT2D eigenvalue weighted by Crippen LogP contribution is -2.21. The van der Waals surface area contributed by atoms with E-state index in [9.17, 15) is 9.35 Å². The summed E-state index contributed by atoms with van der Waals surface area (Å²) in [7, 11) is -1.38. The van der Waals surface area contributed by atoms with Gasteiger partial charge in [-0.05, 0) is 40.4 Å². The van der Waals surface area contributed by atoms with Crippen LogP contribution in [0.25, 0.3) is 11.3 Å². The van der Waals surface area contributed by atoms with E-state index < -0.39 is 16.8 Å². The topological polar surface area (TPSA) is 66.6 Å². The van der Waals surface area contributed by atoms with Gasteiger partial charge in [-0.25, -0.2) is 9.79 Å². The van der Waals surface area contributed by atoms with Crippen LogP contribution in [0.3, 0.4) is 0 Å². The first kappa shape index (κ1) is 22.7. The van der Waals surface area contributed by atoms with E-state index >= 15 is 0 Å². The van der Waals surface area contributed by atoms with E-state index in [4.69, 9.17) is 9.73 Å². The zero-order chi connectivity index (χ0) is 23.0. The van der Waals surface area contributed by atoms with E-state index in [-0.39, 0.29) is 5.97 Å². The molecule has 0 bridgehead atoms. The molecule has 0 fully saturated rings. The maximum Gasteiger partial charge on any atom is 0.346 e. The van der Waals surface area contributed by atoms with Crippen molar-refractivity contribution in [1.29, 1.82) is 0 Å². The highest BCUT2D eigenvalue weighted by Crippen LogP contribution is 2.28. The van der Waals surface area contributed by atoms with Gasteiger partial charge in [0.05, 0.1) is 24.1 Å². The molecule has 2 unspecified atom stereocenters. The van der Waals surface area contributed by atoms with Crippen LogP contribution in [0.5, 0.6) is 0 Å². The van der Waals surface area contributed by atoms with Crippen LogP contribution in [0.15, 0.2) is 107 Å². The molecular formula is C27H26N2O3S. The molecule has 1 aromatic heterocycles. The highest BCUT2D eigenvalue weighted by molar-refractivity contribution is 7.21. The Morgan fingerprint density at radius 2 is 1.82 bits per heavy atom. The van der Waals surface area contributed by atoms with Gasteiger partial charge in [-0.1, -0.05) is 86.2 Å². The number of hydrogen-bond donors (Lipinski definition) is 0. The SMILES string of the molecule is CCCCOC(=O)C(=C1C=CC=CC1N=c1n(-c2ccccc2)cc[s+]1[O-])c1ccccc1. The van der Waals surface area contributed by atoms with Gasteiger partial charge in [0.25, 0.3) is 0 Å². The number of nitrogens with zero attached hydrogens (tertiary/aromatic N) is 2. The van der Waals surface area contributed by atoms with Crippen molar-refractivity contribution in [2.45, 2.75) is 25.8 Å². The first-order chi connectivity index (χ1) is 16.2. The molecule has 1 heterocycles. The van der Waals surface area contributed by atoms with Crippen LogP contribution >= 0.6 is 10.8 Å². The lowest BCUT2D eigenvalue weighted by molar-refractivity contribution is -0.136. The van der Waals surface area contributed by atoms with Crippen molar-refractivity contribution in [3.63, 3.8) is 0 Å². The molecule has 4 rings (SSSR count). The zero-order valence-electron chi connectivity index (χ0n) is 18.5. The number of allylic oxidation sites excluding steroid dienone is 2. The Kier molecular flexibility index (Phi) is 7.50. The Morgan fingerprint density at radius 1 is 1.09 bits per heavy atom. The van der Waals surface area contributed by atoms with Crippen molar-refractivity contribution in [3.8, 4) is 5.69 Å². The molecule has 0 aliphatic heterocycles. The van der Waals surface area contributed by atoms with Crippen LogP contribution in [0.4, 0.5) is 0 Å². The minimum Gasteiger partial charge on any atom is -0.588 e. The average Bonchev–Trinajstić information content (AvgIpc) is 3.22. The van der Waals surface area contributed by atoms with E-state index in [0.717, 1.165) is 29.7 Å². The van der Waals surface area contributed by atoms with Crippen molar-refractivity contribution >= 4 is 22.3 Å². The second-order valence-electron chi connectivity index (χ2n) is 7.57. The maximum atomic E-state index is 13.2. The van der Waals surface area contributed by atoms with Crippen molar-refractivity contribution in [2.24, 2.45) is 4.99 Å². The predicted octanol–water partition coefficient (Wildman–Crippen LogP) is 5.40. The number of benzene rings is 2. The van der Waals surface area contributed by atoms with Crippen LogP contribution in [-0.4, -0.2) is 27.7 Å². The number of esters is 1. The Morgan fingerprint density at radius 3 is 2.55 bits per heavy atom. The number of aromatic nitrogens is 1. The fourth-order valence-corrected chi connectivity index (χ4v) is 4.55. The number of carbonyl (C=O) groups is 1. The van der Waals surface area contributed by atoms with E-state index in [0.29, 0.717) is 17.0 Å². The second kappa shape index (κ2) is 10.9.